The average molecular weight is 225 g/mol. The molecule has 0 spiro atoms. The summed E-state index contributed by atoms with van der Waals surface area (Å²) in [5, 5.41) is 3.22. The highest BCUT2D eigenvalue weighted by Crippen LogP contribution is 2.24. The van der Waals surface area contributed by atoms with Crippen molar-refractivity contribution in [2.24, 2.45) is 17.8 Å². The Labute approximate surface area is 100 Å². The number of hydrogen-bond donors (Lipinski definition) is 1. The van der Waals surface area contributed by atoms with Gasteiger partial charge in [-0.25, -0.2) is 0 Å². The second kappa shape index (κ2) is 6.27. The zero-order valence-electron chi connectivity index (χ0n) is 11.3. The summed E-state index contributed by atoms with van der Waals surface area (Å²) in [5.41, 5.74) is 0. The summed E-state index contributed by atoms with van der Waals surface area (Å²) >= 11 is 0. The Hall–Kier alpha value is -0.530. The van der Waals surface area contributed by atoms with Crippen molar-refractivity contribution in [1.29, 1.82) is 0 Å². The largest absolute Gasteiger partial charge is 0.353 e. The fourth-order valence-corrected chi connectivity index (χ4v) is 2.32. The SMILES string of the molecule is CC(C)[C@H](C)CC(=O)N[C@@H]1CCCC[C@H]1C. The molecular weight excluding hydrogens is 198 g/mol. The molecule has 0 aromatic rings. The molecule has 16 heavy (non-hydrogen) atoms. The first-order chi connectivity index (χ1) is 7.50. The highest BCUT2D eigenvalue weighted by atomic mass is 16.1. The summed E-state index contributed by atoms with van der Waals surface area (Å²) in [6.45, 7) is 8.78. The minimum atomic E-state index is 0.250. The van der Waals surface area contributed by atoms with E-state index in [9.17, 15) is 4.79 Å². The van der Waals surface area contributed by atoms with Gasteiger partial charge in [0.1, 0.15) is 0 Å². The molecule has 1 N–H and O–H groups in total. The zero-order valence-corrected chi connectivity index (χ0v) is 11.3. The standard InChI is InChI=1S/C14H27NO/c1-10(2)12(4)9-14(16)15-13-8-6-5-7-11(13)3/h10-13H,5-9H2,1-4H3,(H,15,16)/t11-,12-,13-/m1/s1. The number of carbonyl (C=O) groups is 1. The van der Waals surface area contributed by atoms with Gasteiger partial charge in [0.15, 0.2) is 0 Å². The lowest BCUT2D eigenvalue weighted by molar-refractivity contribution is -0.123. The van der Waals surface area contributed by atoms with Gasteiger partial charge in [0.2, 0.25) is 5.91 Å². The maximum absolute atomic E-state index is 11.9. The van der Waals surface area contributed by atoms with E-state index in [1.807, 2.05) is 0 Å². The average Bonchev–Trinajstić information content (AvgIpc) is 2.21. The number of carbonyl (C=O) groups excluding carboxylic acids is 1. The summed E-state index contributed by atoms with van der Waals surface area (Å²) in [4.78, 5) is 11.9. The second-order valence-corrected chi connectivity index (χ2v) is 5.86. The van der Waals surface area contributed by atoms with Crippen molar-refractivity contribution in [1.82, 2.24) is 5.32 Å². The third-order valence-electron chi connectivity index (χ3n) is 4.10. The molecule has 1 rings (SSSR count). The summed E-state index contributed by atoms with van der Waals surface area (Å²) < 4.78 is 0. The van der Waals surface area contributed by atoms with Gasteiger partial charge in [-0.2, -0.15) is 0 Å². The lowest BCUT2D eigenvalue weighted by atomic mass is 9.85. The Morgan fingerprint density at radius 1 is 1.25 bits per heavy atom. The van der Waals surface area contributed by atoms with Gasteiger partial charge in [-0.3, -0.25) is 4.79 Å². The molecule has 3 atom stereocenters. The molecule has 1 aliphatic rings. The van der Waals surface area contributed by atoms with Crippen LogP contribution in [0.25, 0.3) is 0 Å². The molecular formula is C14H27NO. The van der Waals surface area contributed by atoms with Crippen molar-refractivity contribution in [2.45, 2.75) is 65.8 Å². The highest BCUT2D eigenvalue weighted by Gasteiger charge is 2.23. The number of rotatable bonds is 4. The van der Waals surface area contributed by atoms with Crippen LogP contribution in [0.15, 0.2) is 0 Å². The quantitative estimate of drug-likeness (QED) is 0.781. The Balaban J connectivity index is 2.32. The zero-order chi connectivity index (χ0) is 12.1. The highest BCUT2D eigenvalue weighted by molar-refractivity contribution is 5.76. The van der Waals surface area contributed by atoms with E-state index in [0.29, 0.717) is 30.2 Å². The topological polar surface area (TPSA) is 29.1 Å². The molecule has 0 aromatic carbocycles. The molecule has 0 bridgehead atoms. The van der Waals surface area contributed by atoms with Crippen molar-refractivity contribution >= 4 is 5.91 Å². The van der Waals surface area contributed by atoms with Gasteiger partial charge in [0.25, 0.3) is 0 Å². The van der Waals surface area contributed by atoms with Gasteiger partial charge in [0.05, 0.1) is 0 Å². The van der Waals surface area contributed by atoms with Gasteiger partial charge in [-0.15, -0.1) is 0 Å². The predicted octanol–water partition coefficient (Wildman–Crippen LogP) is 3.36. The van der Waals surface area contributed by atoms with Crippen LogP contribution < -0.4 is 5.32 Å². The van der Waals surface area contributed by atoms with Crippen molar-refractivity contribution in [3.8, 4) is 0 Å². The number of nitrogens with one attached hydrogen (secondary N) is 1. The van der Waals surface area contributed by atoms with Gasteiger partial charge in [-0.05, 0) is 30.6 Å². The first kappa shape index (κ1) is 13.5. The van der Waals surface area contributed by atoms with E-state index in [1.54, 1.807) is 0 Å². The molecule has 0 saturated heterocycles. The van der Waals surface area contributed by atoms with Gasteiger partial charge >= 0.3 is 0 Å². The fourth-order valence-electron chi connectivity index (χ4n) is 2.32. The van der Waals surface area contributed by atoms with Crippen LogP contribution in [0.2, 0.25) is 0 Å². The normalized spacial score (nSPS) is 27.8. The minimum absolute atomic E-state index is 0.250. The first-order valence-electron chi connectivity index (χ1n) is 6.80. The van der Waals surface area contributed by atoms with Gasteiger partial charge in [-0.1, -0.05) is 40.5 Å². The van der Waals surface area contributed by atoms with Gasteiger partial charge in [0, 0.05) is 12.5 Å². The van der Waals surface area contributed by atoms with Gasteiger partial charge < -0.3 is 5.32 Å². The van der Waals surface area contributed by atoms with Crippen molar-refractivity contribution < 1.29 is 4.79 Å². The second-order valence-electron chi connectivity index (χ2n) is 5.86. The van der Waals surface area contributed by atoms with E-state index in [1.165, 1.54) is 25.7 Å². The summed E-state index contributed by atoms with van der Waals surface area (Å²) in [7, 11) is 0. The molecule has 1 aliphatic carbocycles. The van der Waals surface area contributed by atoms with Crippen LogP contribution in [0.4, 0.5) is 0 Å². The van der Waals surface area contributed by atoms with Crippen LogP contribution in [-0.4, -0.2) is 11.9 Å². The van der Waals surface area contributed by atoms with Crippen molar-refractivity contribution in [3.05, 3.63) is 0 Å². The van der Waals surface area contributed by atoms with Crippen molar-refractivity contribution in [3.63, 3.8) is 0 Å². The lowest BCUT2D eigenvalue weighted by Gasteiger charge is -2.30. The Morgan fingerprint density at radius 3 is 2.44 bits per heavy atom. The molecule has 0 aliphatic heterocycles. The molecule has 0 radical (unpaired) electrons. The van der Waals surface area contributed by atoms with Crippen LogP contribution in [0.1, 0.15) is 59.8 Å². The molecule has 0 heterocycles. The summed E-state index contributed by atoms with van der Waals surface area (Å²) in [5.74, 6) is 1.99. The minimum Gasteiger partial charge on any atom is -0.353 e. The Morgan fingerprint density at radius 2 is 1.88 bits per heavy atom. The predicted molar refractivity (Wildman–Crippen MR) is 68.2 cm³/mol. The van der Waals surface area contributed by atoms with Crippen LogP contribution >= 0.6 is 0 Å². The third-order valence-corrected chi connectivity index (χ3v) is 4.10. The molecule has 1 saturated carbocycles. The molecule has 0 aromatic heterocycles. The monoisotopic (exact) mass is 225 g/mol. The Kier molecular flexibility index (Phi) is 5.30. The fraction of sp³-hybridized carbons (Fsp3) is 0.929. The van der Waals surface area contributed by atoms with Crippen molar-refractivity contribution in [2.75, 3.05) is 0 Å². The first-order valence-corrected chi connectivity index (χ1v) is 6.80. The number of hydrogen-bond acceptors (Lipinski definition) is 1. The van der Waals surface area contributed by atoms with E-state index in [4.69, 9.17) is 0 Å². The van der Waals surface area contributed by atoms with Crippen LogP contribution in [0.5, 0.6) is 0 Å². The maximum Gasteiger partial charge on any atom is 0.220 e. The van der Waals surface area contributed by atoms with Crippen LogP contribution in [-0.2, 0) is 4.79 Å². The molecule has 2 heteroatoms. The lowest BCUT2D eigenvalue weighted by Crippen LogP contribution is -2.41. The molecule has 1 fully saturated rings. The van der Waals surface area contributed by atoms with E-state index in [-0.39, 0.29) is 5.91 Å². The van der Waals surface area contributed by atoms with E-state index in [0.717, 1.165) is 0 Å². The van der Waals surface area contributed by atoms with Crippen LogP contribution in [0.3, 0.4) is 0 Å². The Bertz CT molecular complexity index is 225. The van der Waals surface area contributed by atoms with E-state index in [2.05, 4.69) is 33.0 Å². The van der Waals surface area contributed by atoms with E-state index < -0.39 is 0 Å². The summed E-state index contributed by atoms with van der Waals surface area (Å²) in [6, 6.07) is 0.431. The van der Waals surface area contributed by atoms with E-state index >= 15 is 0 Å². The molecule has 2 nitrogen and oxygen atoms in total. The number of amides is 1. The maximum atomic E-state index is 11.9. The molecule has 0 unspecified atom stereocenters. The van der Waals surface area contributed by atoms with Crippen LogP contribution in [0, 0.1) is 17.8 Å². The molecule has 1 amide bonds. The summed E-state index contributed by atoms with van der Waals surface area (Å²) in [6.07, 6.45) is 5.72. The molecule has 94 valence electrons. The smallest absolute Gasteiger partial charge is 0.220 e. The third kappa shape index (κ3) is 4.15.